The Kier molecular flexibility index (Phi) is 6.65. The Bertz CT molecular complexity index is 396. The van der Waals surface area contributed by atoms with Crippen LogP contribution in [0.1, 0.15) is 25.3 Å². The standard InChI is InChI=1S/C13H17BrF3NO/c1-2-18-9-10-8-11(14)4-5-12(10)19-7-3-6-13(15,16)17/h4-5,8,18H,2-3,6-7,9H2,1H3. The molecule has 0 unspecified atom stereocenters. The highest BCUT2D eigenvalue weighted by atomic mass is 79.9. The van der Waals surface area contributed by atoms with Crippen molar-refractivity contribution in [1.29, 1.82) is 0 Å². The fourth-order valence-corrected chi connectivity index (χ4v) is 1.95. The van der Waals surface area contributed by atoms with Crippen molar-refractivity contribution < 1.29 is 17.9 Å². The second-order valence-electron chi connectivity index (χ2n) is 4.10. The zero-order chi connectivity index (χ0) is 14.3. The minimum Gasteiger partial charge on any atom is -0.493 e. The van der Waals surface area contributed by atoms with Gasteiger partial charge in [-0.05, 0) is 31.2 Å². The van der Waals surface area contributed by atoms with E-state index in [0.29, 0.717) is 12.3 Å². The molecule has 0 bridgehead atoms. The third-order valence-electron chi connectivity index (χ3n) is 2.45. The molecule has 0 aliphatic carbocycles. The van der Waals surface area contributed by atoms with Gasteiger partial charge in [0.15, 0.2) is 0 Å². The SMILES string of the molecule is CCNCc1cc(Br)ccc1OCCCC(F)(F)F. The summed E-state index contributed by atoms with van der Waals surface area (Å²) >= 11 is 3.36. The van der Waals surface area contributed by atoms with Gasteiger partial charge in [0.2, 0.25) is 0 Å². The molecular weight excluding hydrogens is 323 g/mol. The summed E-state index contributed by atoms with van der Waals surface area (Å²) < 4.78 is 42.4. The van der Waals surface area contributed by atoms with E-state index in [1.165, 1.54) is 0 Å². The lowest BCUT2D eigenvalue weighted by Crippen LogP contribution is -2.14. The van der Waals surface area contributed by atoms with Gasteiger partial charge in [-0.2, -0.15) is 13.2 Å². The Hall–Kier alpha value is -0.750. The van der Waals surface area contributed by atoms with Crippen molar-refractivity contribution in [3.63, 3.8) is 0 Å². The molecule has 19 heavy (non-hydrogen) atoms. The Morgan fingerprint density at radius 3 is 2.68 bits per heavy atom. The van der Waals surface area contributed by atoms with Crippen LogP contribution in [0.25, 0.3) is 0 Å². The highest BCUT2D eigenvalue weighted by Crippen LogP contribution is 2.25. The van der Waals surface area contributed by atoms with Crippen LogP contribution in [0.2, 0.25) is 0 Å². The predicted molar refractivity (Wildman–Crippen MR) is 72.3 cm³/mol. The lowest BCUT2D eigenvalue weighted by atomic mass is 10.2. The van der Waals surface area contributed by atoms with Crippen molar-refractivity contribution in [3.05, 3.63) is 28.2 Å². The maximum absolute atomic E-state index is 12.0. The van der Waals surface area contributed by atoms with Crippen molar-refractivity contribution in [2.24, 2.45) is 0 Å². The third-order valence-corrected chi connectivity index (χ3v) is 2.94. The summed E-state index contributed by atoms with van der Waals surface area (Å²) in [4.78, 5) is 0. The molecule has 0 fully saturated rings. The first-order valence-corrected chi connectivity index (χ1v) is 6.90. The predicted octanol–water partition coefficient (Wildman–Crippen LogP) is 4.28. The Morgan fingerprint density at radius 1 is 1.32 bits per heavy atom. The van der Waals surface area contributed by atoms with Gasteiger partial charge in [0.05, 0.1) is 6.61 Å². The third kappa shape index (κ3) is 6.82. The van der Waals surface area contributed by atoms with E-state index in [0.717, 1.165) is 16.6 Å². The Morgan fingerprint density at radius 2 is 2.05 bits per heavy atom. The van der Waals surface area contributed by atoms with Crippen LogP contribution in [-0.2, 0) is 6.54 Å². The zero-order valence-corrected chi connectivity index (χ0v) is 12.3. The van der Waals surface area contributed by atoms with Crippen LogP contribution in [0.4, 0.5) is 13.2 Å². The van der Waals surface area contributed by atoms with Crippen LogP contribution in [-0.4, -0.2) is 19.3 Å². The van der Waals surface area contributed by atoms with E-state index in [1.54, 1.807) is 6.07 Å². The van der Waals surface area contributed by atoms with Crippen LogP contribution >= 0.6 is 15.9 Å². The number of hydrogen-bond acceptors (Lipinski definition) is 2. The van der Waals surface area contributed by atoms with Crippen LogP contribution in [0.15, 0.2) is 22.7 Å². The number of alkyl halides is 3. The van der Waals surface area contributed by atoms with E-state index in [4.69, 9.17) is 4.74 Å². The highest BCUT2D eigenvalue weighted by molar-refractivity contribution is 9.10. The molecule has 1 N–H and O–H groups in total. The maximum atomic E-state index is 12.0. The number of rotatable bonds is 7. The number of hydrogen-bond donors (Lipinski definition) is 1. The lowest BCUT2D eigenvalue weighted by molar-refractivity contribution is -0.136. The molecule has 1 aromatic carbocycles. The van der Waals surface area contributed by atoms with Crippen molar-refractivity contribution in [1.82, 2.24) is 5.32 Å². The average Bonchev–Trinajstić information content (AvgIpc) is 2.32. The van der Waals surface area contributed by atoms with Gasteiger partial charge in [-0.3, -0.25) is 0 Å². The summed E-state index contributed by atoms with van der Waals surface area (Å²) in [5.74, 6) is 0.631. The highest BCUT2D eigenvalue weighted by Gasteiger charge is 2.26. The summed E-state index contributed by atoms with van der Waals surface area (Å²) in [5.41, 5.74) is 0.934. The molecule has 1 rings (SSSR count). The molecule has 0 atom stereocenters. The molecule has 0 aliphatic rings. The molecule has 1 aromatic rings. The summed E-state index contributed by atoms with van der Waals surface area (Å²) in [6.07, 6.45) is -4.96. The van der Waals surface area contributed by atoms with Gasteiger partial charge in [0.25, 0.3) is 0 Å². The summed E-state index contributed by atoms with van der Waals surface area (Å²) in [6, 6.07) is 5.49. The molecule has 0 heterocycles. The topological polar surface area (TPSA) is 21.3 Å². The van der Waals surface area contributed by atoms with Crippen molar-refractivity contribution in [2.75, 3.05) is 13.2 Å². The number of benzene rings is 1. The van der Waals surface area contributed by atoms with E-state index in [2.05, 4.69) is 21.2 Å². The Balaban J connectivity index is 2.52. The van der Waals surface area contributed by atoms with Crippen molar-refractivity contribution in [3.8, 4) is 5.75 Å². The van der Waals surface area contributed by atoms with Crippen LogP contribution in [0, 0.1) is 0 Å². The fraction of sp³-hybridized carbons (Fsp3) is 0.538. The van der Waals surface area contributed by atoms with Gasteiger partial charge in [0.1, 0.15) is 5.75 Å². The van der Waals surface area contributed by atoms with E-state index in [-0.39, 0.29) is 13.0 Å². The largest absolute Gasteiger partial charge is 0.493 e. The molecule has 0 spiro atoms. The zero-order valence-electron chi connectivity index (χ0n) is 10.7. The monoisotopic (exact) mass is 339 g/mol. The normalized spacial score (nSPS) is 11.6. The second-order valence-corrected chi connectivity index (χ2v) is 5.02. The average molecular weight is 340 g/mol. The van der Waals surface area contributed by atoms with Gasteiger partial charge < -0.3 is 10.1 Å². The van der Waals surface area contributed by atoms with Gasteiger partial charge in [0, 0.05) is 23.0 Å². The van der Waals surface area contributed by atoms with Gasteiger partial charge in [-0.25, -0.2) is 0 Å². The summed E-state index contributed by atoms with van der Waals surface area (Å²) in [6.45, 7) is 3.51. The van der Waals surface area contributed by atoms with Crippen molar-refractivity contribution >= 4 is 15.9 Å². The second kappa shape index (κ2) is 7.75. The smallest absolute Gasteiger partial charge is 0.389 e. The summed E-state index contributed by atoms with van der Waals surface area (Å²) in [7, 11) is 0. The first kappa shape index (κ1) is 16.3. The van der Waals surface area contributed by atoms with Gasteiger partial charge >= 0.3 is 6.18 Å². The molecule has 0 radical (unpaired) electrons. The number of nitrogens with one attached hydrogen (secondary N) is 1. The minimum atomic E-state index is -4.12. The molecule has 0 aromatic heterocycles. The molecule has 0 amide bonds. The molecule has 0 aliphatic heterocycles. The molecule has 0 saturated heterocycles. The maximum Gasteiger partial charge on any atom is 0.389 e. The van der Waals surface area contributed by atoms with Crippen LogP contribution in [0.5, 0.6) is 5.75 Å². The van der Waals surface area contributed by atoms with Gasteiger partial charge in [-0.1, -0.05) is 22.9 Å². The van der Waals surface area contributed by atoms with E-state index >= 15 is 0 Å². The van der Waals surface area contributed by atoms with E-state index in [1.807, 2.05) is 19.1 Å². The summed E-state index contributed by atoms with van der Waals surface area (Å²) in [5, 5.41) is 3.17. The van der Waals surface area contributed by atoms with Crippen molar-refractivity contribution in [2.45, 2.75) is 32.5 Å². The molecule has 6 heteroatoms. The molecular formula is C13H17BrF3NO. The molecule has 108 valence electrons. The minimum absolute atomic E-state index is 0.0276. The quantitative estimate of drug-likeness (QED) is 0.748. The van der Waals surface area contributed by atoms with E-state index < -0.39 is 12.6 Å². The number of halogens is 4. The van der Waals surface area contributed by atoms with E-state index in [9.17, 15) is 13.2 Å². The first-order valence-electron chi connectivity index (χ1n) is 6.11. The Labute approximate surface area is 119 Å². The lowest BCUT2D eigenvalue weighted by Gasteiger charge is -2.13. The van der Waals surface area contributed by atoms with Gasteiger partial charge in [-0.15, -0.1) is 0 Å². The van der Waals surface area contributed by atoms with Crippen LogP contribution in [0.3, 0.4) is 0 Å². The first-order chi connectivity index (χ1) is 8.92. The molecule has 0 saturated carbocycles. The fourth-order valence-electron chi connectivity index (χ4n) is 1.54. The number of ether oxygens (including phenoxy) is 1. The van der Waals surface area contributed by atoms with Crippen LogP contribution < -0.4 is 10.1 Å². The molecule has 2 nitrogen and oxygen atoms in total.